The van der Waals surface area contributed by atoms with Crippen LogP contribution in [0.5, 0.6) is 0 Å². The van der Waals surface area contributed by atoms with E-state index in [0.717, 1.165) is 48.7 Å². The number of rotatable bonds is 7. The molecule has 5 rings (SSSR count). The van der Waals surface area contributed by atoms with E-state index in [9.17, 15) is 0 Å². The molecule has 7 heteroatoms. The standard InChI is InChI=1S/C20H26ClN5O/c1-27-5-4-25-10-14-15(11-25)19(14)18-7-17(24-26(18)9-12-2-3-12)13-6-16(21)20(22)23-8-13/h6-8,12,14-15,19H,2-5,9-11H2,1H3,(H2,22,23)/t14-,15+,19-. The van der Waals surface area contributed by atoms with Gasteiger partial charge in [0, 0.05) is 56.7 Å². The van der Waals surface area contributed by atoms with Crippen LogP contribution in [-0.2, 0) is 11.3 Å². The average Bonchev–Trinajstić information content (AvgIpc) is 3.50. The van der Waals surface area contributed by atoms with Crippen molar-refractivity contribution in [2.75, 3.05) is 39.1 Å². The number of nitrogens with two attached hydrogens (primary N) is 1. The average molecular weight is 388 g/mol. The minimum atomic E-state index is 0.367. The maximum atomic E-state index is 6.18. The van der Waals surface area contributed by atoms with Crippen LogP contribution in [0.25, 0.3) is 11.3 Å². The van der Waals surface area contributed by atoms with Crippen LogP contribution in [-0.4, -0.2) is 53.0 Å². The van der Waals surface area contributed by atoms with Gasteiger partial charge in [0.25, 0.3) is 0 Å². The largest absolute Gasteiger partial charge is 0.383 e. The SMILES string of the molecule is COCCN1C[C@@H]2[C@H](C1)[C@@H]2c1cc(-c2cnc(N)c(Cl)c2)nn1CC1CC1. The van der Waals surface area contributed by atoms with E-state index in [2.05, 4.69) is 20.6 Å². The summed E-state index contributed by atoms with van der Waals surface area (Å²) in [4.78, 5) is 6.73. The number of nitrogens with zero attached hydrogens (tertiary/aromatic N) is 4. The Kier molecular flexibility index (Phi) is 4.37. The van der Waals surface area contributed by atoms with E-state index in [-0.39, 0.29) is 0 Å². The molecule has 2 saturated carbocycles. The molecule has 2 aromatic rings. The van der Waals surface area contributed by atoms with Gasteiger partial charge in [-0.25, -0.2) is 4.98 Å². The van der Waals surface area contributed by atoms with Crippen LogP contribution < -0.4 is 5.73 Å². The lowest BCUT2D eigenvalue weighted by Gasteiger charge is -2.19. The summed E-state index contributed by atoms with van der Waals surface area (Å²) in [6.07, 6.45) is 4.42. The number of hydrogen-bond acceptors (Lipinski definition) is 5. The van der Waals surface area contributed by atoms with Crippen LogP contribution in [0.1, 0.15) is 24.5 Å². The summed E-state index contributed by atoms with van der Waals surface area (Å²) >= 11 is 6.18. The van der Waals surface area contributed by atoms with Crippen molar-refractivity contribution in [3.05, 3.63) is 29.0 Å². The number of piperidine rings is 1. The first-order valence-electron chi connectivity index (χ1n) is 9.84. The number of anilines is 1. The summed E-state index contributed by atoms with van der Waals surface area (Å²) in [5.41, 5.74) is 9.06. The van der Waals surface area contributed by atoms with Crippen molar-refractivity contribution in [3.8, 4) is 11.3 Å². The second kappa shape index (κ2) is 6.76. The second-order valence-electron chi connectivity index (χ2n) is 8.28. The molecular formula is C20H26ClN5O. The third-order valence-electron chi connectivity index (χ3n) is 6.33. The quantitative estimate of drug-likeness (QED) is 0.791. The van der Waals surface area contributed by atoms with E-state index in [1.54, 1.807) is 13.3 Å². The van der Waals surface area contributed by atoms with E-state index in [4.69, 9.17) is 27.2 Å². The molecule has 3 atom stereocenters. The summed E-state index contributed by atoms with van der Waals surface area (Å²) in [7, 11) is 1.77. The summed E-state index contributed by atoms with van der Waals surface area (Å²) in [6.45, 7) is 5.25. The van der Waals surface area contributed by atoms with Gasteiger partial charge >= 0.3 is 0 Å². The molecule has 1 saturated heterocycles. The van der Waals surface area contributed by atoms with E-state index < -0.39 is 0 Å². The lowest BCUT2D eigenvalue weighted by molar-refractivity contribution is 0.153. The molecule has 3 aliphatic rings. The first-order chi connectivity index (χ1) is 13.1. The zero-order chi connectivity index (χ0) is 18.5. The van der Waals surface area contributed by atoms with Crippen molar-refractivity contribution < 1.29 is 4.74 Å². The van der Waals surface area contributed by atoms with Gasteiger partial charge in [-0.05, 0) is 42.7 Å². The summed E-state index contributed by atoms with van der Waals surface area (Å²) in [5, 5.41) is 5.42. The summed E-state index contributed by atoms with van der Waals surface area (Å²) < 4.78 is 7.49. The maximum absolute atomic E-state index is 6.18. The minimum Gasteiger partial charge on any atom is -0.383 e. The van der Waals surface area contributed by atoms with Gasteiger partial charge in [-0.1, -0.05) is 11.6 Å². The molecule has 27 heavy (non-hydrogen) atoms. The van der Waals surface area contributed by atoms with E-state index in [1.807, 2.05) is 6.07 Å². The number of hydrogen-bond donors (Lipinski definition) is 1. The Morgan fingerprint density at radius 1 is 1.26 bits per heavy atom. The normalized spacial score (nSPS) is 27.1. The number of halogens is 1. The Morgan fingerprint density at radius 3 is 2.70 bits per heavy atom. The van der Waals surface area contributed by atoms with Crippen molar-refractivity contribution in [2.45, 2.75) is 25.3 Å². The van der Waals surface area contributed by atoms with Gasteiger partial charge in [-0.2, -0.15) is 5.10 Å². The lowest BCUT2D eigenvalue weighted by atomic mass is 10.1. The molecular weight excluding hydrogens is 362 g/mol. The molecule has 0 unspecified atom stereocenters. The molecule has 6 nitrogen and oxygen atoms in total. The number of fused-ring (bicyclic) bond motifs is 1. The predicted octanol–water partition coefficient (Wildman–Crippen LogP) is 2.88. The van der Waals surface area contributed by atoms with Gasteiger partial charge in [-0.15, -0.1) is 0 Å². The van der Waals surface area contributed by atoms with Crippen LogP contribution in [0.3, 0.4) is 0 Å². The highest BCUT2D eigenvalue weighted by Gasteiger charge is 2.57. The predicted molar refractivity (Wildman–Crippen MR) is 106 cm³/mol. The Balaban J connectivity index is 1.38. The highest BCUT2D eigenvalue weighted by molar-refractivity contribution is 6.33. The van der Waals surface area contributed by atoms with Gasteiger partial charge < -0.3 is 15.4 Å². The van der Waals surface area contributed by atoms with E-state index in [0.29, 0.717) is 16.8 Å². The molecule has 3 heterocycles. The molecule has 2 aliphatic carbocycles. The number of pyridine rings is 1. The van der Waals surface area contributed by atoms with Crippen molar-refractivity contribution in [2.24, 2.45) is 17.8 Å². The lowest BCUT2D eigenvalue weighted by Crippen LogP contribution is -2.28. The molecule has 2 aromatic heterocycles. The van der Waals surface area contributed by atoms with Crippen molar-refractivity contribution in [3.63, 3.8) is 0 Å². The van der Waals surface area contributed by atoms with Crippen LogP contribution in [0.15, 0.2) is 18.3 Å². The maximum Gasteiger partial charge on any atom is 0.142 e. The second-order valence-corrected chi connectivity index (χ2v) is 8.68. The number of nitrogen functional groups attached to an aromatic ring is 1. The summed E-state index contributed by atoms with van der Waals surface area (Å²) in [5.74, 6) is 3.32. The monoisotopic (exact) mass is 387 g/mol. The molecule has 1 aliphatic heterocycles. The fourth-order valence-corrected chi connectivity index (χ4v) is 4.74. The highest BCUT2D eigenvalue weighted by Crippen LogP contribution is 2.58. The number of likely N-dealkylation sites (tertiary alicyclic amines) is 1. The summed E-state index contributed by atoms with van der Waals surface area (Å²) in [6, 6.07) is 4.13. The van der Waals surface area contributed by atoms with Gasteiger partial charge in [0.15, 0.2) is 0 Å². The molecule has 0 bridgehead atoms. The third-order valence-corrected chi connectivity index (χ3v) is 6.63. The van der Waals surface area contributed by atoms with Crippen molar-refractivity contribution in [1.82, 2.24) is 19.7 Å². The van der Waals surface area contributed by atoms with Crippen molar-refractivity contribution >= 4 is 17.4 Å². The van der Waals surface area contributed by atoms with E-state index >= 15 is 0 Å². The van der Waals surface area contributed by atoms with Crippen LogP contribution in [0.2, 0.25) is 5.02 Å². The van der Waals surface area contributed by atoms with Gasteiger partial charge in [0.2, 0.25) is 0 Å². The topological polar surface area (TPSA) is 69.2 Å². The first-order valence-corrected chi connectivity index (χ1v) is 10.2. The molecule has 2 N–H and O–H groups in total. The van der Waals surface area contributed by atoms with E-state index in [1.165, 1.54) is 31.6 Å². The Bertz CT molecular complexity index is 837. The third kappa shape index (κ3) is 3.35. The Morgan fingerprint density at radius 2 is 2.04 bits per heavy atom. The molecule has 0 amide bonds. The Labute approximate surface area is 164 Å². The molecule has 144 valence electrons. The Hall–Kier alpha value is -1.63. The molecule has 0 radical (unpaired) electrons. The van der Waals surface area contributed by atoms with Gasteiger partial charge in [0.1, 0.15) is 5.82 Å². The first kappa shape index (κ1) is 17.5. The number of methoxy groups -OCH3 is 1. The van der Waals surface area contributed by atoms with Crippen molar-refractivity contribution in [1.29, 1.82) is 0 Å². The van der Waals surface area contributed by atoms with Crippen LogP contribution >= 0.6 is 11.6 Å². The zero-order valence-corrected chi connectivity index (χ0v) is 16.4. The van der Waals surface area contributed by atoms with Crippen LogP contribution in [0, 0.1) is 17.8 Å². The minimum absolute atomic E-state index is 0.367. The van der Waals surface area contributed by atoms with Gasteiger partial charge in [-0.3, -0.25) is 4.68 Å². The number of aromatic nitrogens is 3. The smallest absolute Gasteiger partial charge is 0.142 e. The molecule has 0 aromatic carbocycles. The fourth-order valence-electron chi connectivity index (χ4n) is 4.58. The van der Waals surface area contributed by atoms with Gasteiger partial charge in [0.05, 0.1) is 17.3 Å². The highest BCUT2D eigenvalue weighted by atomic mass is 35.5. The fraction of sp³-hybridized carbons (Fsp3) is 0.600. The zero-order valence-electron chi connectivity index (χ0n) is 15.6. The van der Waals surface area contributed by atoms with Crippen LogP contribution in [0.4, 0.5) is 5.82 Å². The number of ether oxygens (including phenoxy) is 1. The molecule has 3 fully saturated rings. The molecule has 0 spiro atoms.